The molecule has 3 aromatic carbocycles. The fraction of sp³-hybridized carbons (Fsp3) is 0.391. The van der Waals surface area contributed by atoms with Crippen molar-refractivity contribution in [1.29, 1.82) is 0 Å². The summed E-state index contributed by atoms with van der Waals surface area (Å²) in [5, 5.41) is 1.01. The summed E-state index contributed by atoms with van der Waals surface area (Å²) in [5.41, 5.74) is 4.23. The SMILES string of the molecule is [2H]C([2H])([2H])c1ccc2c(c1)sc1c(-c3cc(C([2H])([2H])C4CCCC4)c(C([2H])(C)C)cn3)[c-]cc(F)c12.[2H]C([2H])(c1cc(-c2[c-]cccc2)nc[c]1[Ge]([CH3])([CH3])[CH3])C(C)(C)C.[Ir]. The molecule has 1 radical (unpaired) electrons. The third-order valence-electron chi connectivity index (χ3n) is 9.12. The van der Waals surface area contributed by atoms with Gasteiger partial charge in [0.05, 0.1) is 0 Å². The molecule has 1 aliphatic rings. The van der Waals surface area contributed by atoms with Gasteiger partial charge in [-0.05, 0) is 69.0 Å². The molecule has 1 fully saturated rings. The molecular formula is C46H53FGeIrN2S-2. The summed E-state index contributed by atoms with van der Waals surface area (Å²) in [6.07, 6.45) is 4.04. The summed E-state index contributed by atoms with van der Waals surface area (Å²) >= 11 is -0.957. The molecule has 0 saturated heterocycles. The minimum Gasteiger partial charge on any atom is 0 e. The Morgan fingerprint density at radius 2 is 1.73 bits per heavy atom. The maximum atomic E-state index is 15.0. The zero-order valence-corrected chi connectivity index (χ0v) is 36.7. The Labute approximate surface area is 343 Å². The molecule has 0 unspecified atom stereocenters. The van der Waals surface area contributed by atoms with Gasteiger partial charge in [0.1, 0.15) is 0 Å². The molecule has 52 heavy (non-hydrogen) atoms. The second-order valence-electron chi connectivity index (χ2n) is 15.8. The van der Waals surface area contributed by atoms with Crippen molar-refractivity contribution in [3.05, 3.63) is 113 Å². The molecule has 6 aromatic rings. The zero-order valence-electron chi connectivity index (χ0n) is 39.3. The number of rotatable bonds is 7. The molecule has 0 atom stereocenters. The molecule has 3 heterocycles. The number of hydrogen-bond donors (Lipinski definition) is 0. The van der Waals surface area contributed by atoms with Crippen LogP contribution in [0.2, 0.25) is 17.3 Å². The van der Waals surface area contributed by atoms with Crippen LogP contribution < -0.4 is 4.40 Å². The quantitative estimate of drug-likeness (QED) is 0.118. The average molecular weight is 958 g/mol. The van der Waals surface area contributed by atoms with Gasteiger partial charge in [-0.25, -0.2) is 0 Å². The van der Waals surface area contributed by atoms with E-state index >= 15 is 4.39 Å². The Kier molecular flexibility index (Phi) is 9.87. The number of aromatic nitrogens is 2. The number of fused-ring (bicyclic) bond motifs is 3. The van der Waals surface area contributed by atoms with E-state index in [2.05, 4.69) is 39.4 Å². The first-order valence-corrected chi connectivity index (χ1v) is 26.0. The van der Waals surface area contributed by atoms with E-state index in [-0.39, 0.29) is 31.6 Å². The molecule has 0 amide bonds. The van der Waals surface area contributed by atoms with Crippen molar-refractivity contribution in [2.24, 2.45) is 11.3 Å². The van der Waals surface area contributed by atoms with Crippen molar-refractivity contribution in [3.8, 4) is 22.5 Å². The molecule has 1 aliphatic carbocycles. The minimum absolute atomic E-state index is 0. The van der Waals surface area contributed by atoms with Crippen LogP contribution >= 0.6 is 11.3 Å². The van der Waals surface area contributed by atoms with E-state index in [9.17, 15) is 0 Å². The molecule has 0 bridgehead atoms. The summed E-state index contributed by atoms with van der Waals surface area (Å²) in [6.45, 7) is 7.08. The topological polar surface area (TPSA) is 25.8 Å². The Morgan fingerprint density at radius 3 is 2.38 bits per heavy atom. The largest absolute Gasteiger partial charge is 0 e. The van der Waals surface area contributed by atoms with Gasteiger partial charge >= 0.3 is 135 Å². The summed E-state index contributed by atoms with van der Waals surface area (Å²) < 4.78 is 84.8. The molecule has 0 N–H and O–H groups in total. The van der Waals surface area contributed by atoms with Crippen LogP contribution in [0.1, 0.15) is 99.4 Å². The number of halogens is 1. The summed E-state index contributed by atoms with van der Waals surface area (Å²) in [4.78, 5) is 9.22. The normalized spacial score (nSPS) is 17.0. The maximum absolute atomic E-state index is 15.0. The Hall–Kier alpha value is -2.70. The van der Waals surface area contributed by atoms with Gasteiger partial charge in [-0.15, -0.1) is 17.7 Å². The van der Waals surface area contributed by atoms with Crippen molar-refractivity contribution >= 4 is 49.2 Å². The third kappa shape index (κ3) is 9.50. The molecule has 0 spiro atoms. The zero-order chi connectivity index (χ0) is 43.5. The molecule has 6 heteroatoms. The van der Waals surface area contributed by atoms with Gasteiger partial charge in [-0.1, -0.05) is 57.7 Å². The molecule has 7 rings (SSSR count). The Balaban J connectivity index is 0.000000247. The van der Waals surface area contributed by atoms with Crippen LogP contribution in [0.25, 0.3) is 42.7 Å². The van der Waals surface area contributed by atoms with Crippen LogP contribution in [0.4, 0.5) is 4.39 Å². The molecule has 1 saturated carbocycles. The van der Waals surface area contributed by atoms with Crippen LogP contribution in [0.5, 0.6) is 0 Å². The van der Waals surface area contributed by atoms with Crippen molar-refractivity contribution < 1.29 is 35.5 Å². The van der Waals surface area contributed by atoms with E-state index < -0.39 is 50.0 Å². The van der Waals surface area contributed by atoms with Crippen molar-refractivity contribution in [3.63, 3.8) is 0 Å². The molecule has 2 nitrogen and oxygen atoms in total. The van der Waals surface area contributed by atoms with Crippen LogP contribution in [-0.2, 0) is 32.9 Å². The number of pyridine rings is 2. The van der Waals surface area contributed by atoms with E-state index in [1.54, 1.807) is 38.2 Å². The molecule has 3 aromatic heterocycles. The molecular weight excluding hydrogens is 896 g/mol. The number of thiophene rings is 1. The number of benzene rings is 3. The molecule has 0 aliphatic heterocycles. The van der Waals surface area contributed by atoms with Gasteiger partial charge in [0.25, 0.3) is 0 Å². The first-order valence-electron chi connectivity index (χ1n) is 21.8. The fourth-order valence-electron chi connectivity index (χ4n) is 6.63. The number of aryl methyl sites for hydroxylation is 1. The second kappa shape index (κ2) is 16.8. The van der Waals surface area contributed by atoms with Crippen molar-refractivity contribution in [2.75, 3.05) is 0 Å². The van der Waals surface area contributed by atoms with Crippen molar-refractivity contribution in [1.82, 2.24) is 9.97 Å². The van der Waals surface area contributed by atoms with E-state index in [1.165, 1.54) is 23.5 Å². The second-order valence-corrected chi connectivity index (χ2v) is 27.4. The molecule has 275 valence electrons. The van der Waals surface area contributed by atoms with E-state index in [1.807, 2.05) is 57.3 Å². The van der Waals surface area contributed by atoms with Gasteiger partial charge < -0.3 is 4.98 Å². The first-order chi connectivity index (χ1) is 27.2. The van der Waals surface area contributed by atoms with Gasteiger partial charge in [-0.3, -0.25) is 4.39 Å². The van der Waals surface area contributed by atoms with Crippen LogP contribution in [-0.4, -0.2) is 23.2 Å². The van der Waals surface area contributed by atoms with Crippen LogP contribution in [0, 0.1) is 36.1 Å². The Morgan fingerprint density at radius 1 is 1.00 bits per heavy atom. The standard InChI is InChI=1S/C27H27FNS.C19H26GeN.Ir/c1-16(2)22-15-29-24(14-19(22)13-18-6-4-5-7-18)20-10-11-23(28)26-21-9-8-17(3)12-25(21)30-27(20)26;1-19(2,3)13-16-12-18(15-10-8-7-9-11-15)21-14-17(16)20(4,5)6;/h8-9,11-12,14-16,18H,4-7,13H2,1-3H3;7-10,12,14H,13H2,1-6H3;/q2*-1;/i3D3,13D2,16D;13D2;. The summed E-state index contributed by atoms with van der Waals surface area (Å²) in [5.74, 6) is 5.23. The predicted octanol–water partition coefficient (Wildman–Crippen LogP) is 12.9. The van der Waals surface area contributed by atoms with Crippen LogP contribution in [0.3, 0.4) is 0 Å². The van der Waals surface area contributed by atoms with Gasteiger partial charge in [0, 0.05) is 45.0 Å². The van der Waals surface area contributed by atoms with Crippen molar-refractivity contribution in [2.45, 2.75) is 103 Å². The maximum Gasteiger partial charge on any atom is 0 e. The Bertz CT molecular complexity index is 2480. The first kappa shape index (κ1) is 30.6. The third-order valence-corrected chi connectivity index (χ3v) is 14.5. The van der Waals surface area contributed by atoms with Gasteiger partial charge in [0.2, 0.25) is 0 Å². The van der Waals surface area contributed by atoms with E-state index in [0.29, 0.717) is 42.6 Å². The van der Waals surface area contributed by atoms with Gasteiger partial charge in [-0.2, -0.15) is 11.3 Å². The fourth-order valence-corrected chi connectivity index (χ4v) is 10.8. The summed E-state index contributed by atoms with van der Waals surface area (Å²) in [7, 11) is 0. The van der Waals surface area contributed by atoms with Crippen LogP contribution in [0.15, 0.2) is 73.1 Å². The number of hydrogen-bond acceptors (Lipinski definition) is 3. The monoisotopic (exact) mass is 959 g/mol. The number of nitrogens with zero attached hydrogens (tertiary/aromatic N) is 2. The summed E-state index contributed by atoms with van der Waals surface area (Å²) in [6, 6.07) is 23.6. The predicted molar refractivity (Wildman–Crippen MR) is 220 cm³/mol. The smallest absolute Gasteiger partial charge is 0 e. The minimum atomic E-state index is -2.26. The van der Waals surface area contributed by atoms with Gasteiger partial charge in [0.15, 0.2) is 0 Å². The van der Waals surface area contributed by atoms with E-state index in [0.717, 1.165) is 46.9 Å². The van der Waals surface area contributed by atoms with E-state index in [4.69, 9.17) is 11.0 Å². The average Bonchev–Trinajstić information content (AvgIpc) is 3.84.